The third kappa shape index (κ3) is 1.41. The second-order valence-electron chi connectivity index (χ2n) is 4.09. The van der Waals surface area contributed by atoms with Crippen molar-refractivity contribution in [3.8, 4) is 0 Å². The summed E-state index contributed by atoms with van der Waals surface area (Å²) in [7, 11) is 0. The Morgan fingerprint density at radius 3 is 2.38 bits per heavy atom. The molecular formula is C10H14O3. The van der Waals surface area contributed by atoms with Gasteiger partial charge in [0.25, 0.3) is 0 Å². The normalized spacial score (nSPS) is 40.2. The van der Waals surface area contributed by atoms with E-state index in [4.69, 9.17) is 0 Å². The van der Waals surface area contributed by atoms with Crippen LogP contribution in [0.3, 0.4) is 0 Å². The van der Waals surface area contributed by atoms with E-state index in [-0.39, 0.29) is 29.8 Å². The summed E-state index contributed by atoms with van der Waals surface area (Å²) >= 11 is 0. The fourth-order valence-electron chi connectivity index (χ4n) is 2.55. The number of hydrogen-bond acceptors (Lipinski definition) is 3. The van der Waals surface area contributed by atoms with E-state index in [2.05, 4.69) is 0 Å². The number of Topliss-reactive ketones (excluding diaryl/α,β-unsaturated/α-hetero) is 2. The van der Waals surface area contributed by atoms with Gasteiger partial charge in [-0.2, -0.15) is 0 Å². The van der Waals surface area contributed by atoms with E-state index < -0.39 is 6.10 Å². The average molecular weight is 182 g/mol. The number of hydrogen-bond donors (Lipinski definition) is 1. The van der Waals surface area contributed by atoms with Gasteiger partial charge < -0.3 is 5.11 Å². The molecule has 0 bridgehead atoms. The van der Waals surface area contributed by atoms with E-state index in [1.165, 1.54) is 0 Å². The zero-order valence-corrected chi connectivity index (χ0v) is 7.53. The van der Waals surface area contributed by atoms with Crippen LogP contribution in [0.4, 0.5) is 0 Å². The number of fused-ring (bicyclic) bond motifs is 1. The molecule has 0 spiro atoms. The molecule has 0 aromatic carbocycles. The van der Waals surface area contributed by atoms with Gasteiger partial charge in [0, 0.05) is 18.3 Å². The molecule has 0 radical (unpaired) electrons. The minimum atomic E-state index is -1.01. The second kappa shape index (κ2) is 3.22. The van der Waals surface area contributed by atoms with E-state index in [1.807, 2.05) is 0 Å². The predicted octanol–water partition coefficient (Wildman–Crippen LogP) is 0.696. The lowest BCUT2D eigenvalue weighted by Gasteiger charge is -2.34. The van der Waals surface area contributed by atoms with Crippen LogP contribution in [0.25, 0.3) is 0 Å². The quantitative estimate of drug-likeness (QED) is 0.599. The Morgan fingerprint density at radius 1 is 1.08 bits per heavy atom. The molecule has 0 aromatic rings. The van der Waals surface area contributed by atoms with Gasteiger partial charge in [-0.15, -0.1) is 0 Å². The molecule has 0 amide bonds. The molecule has 13 heavy (non-hydrogen) atoms. The Hall–Kier alpha value is -0.700. The van der Waals surface area contributed by atoms with Gasteiger partial charge in [0.1, 0.15) is 11.9 Å². The Kier molecular flexibility index (Phi) is 2.20. The maximum atomic E-state index is 11.5. The van der Waals surface area contributed by atoms with E-state index in [1.54, 1.807) is 0 Å². The molecule has 3 atom stereocenters. The Morgan fingerprint density at radius 2 is 1.69 bits per heavy atom. The molecular weight excluding hydrogens is 168 g/mol. The molecule has 0 heterocycles. The van der Waals surface area contributed by atoms with Gasteiger partial charge in [-0.05, 0) is 12.8 Å². The SMILES string of the molecule is O=C1CC(O)C(=O)C2CCCCC12. The lowest BCUT2D eigenvalue weighted by molar-refractivity contribution is -0.148. The largest absolute Gasteiger partial charge is 0.385 e. The fourth-order valence-corrected chi connectivity index (χ4v) is 2.55. The van der Waals surface area contributed by atoms with Gasteiger partial charge in [-0.25, -0.2) is 0 Å². The first-order valence-electron chi connectivity index (χ1n) is 4.94. The molecule has 2 rings (SSSR count). The third-order valence-electron chi connectivity index (χ3n) is 3.27. The first-order valence-corrected chi connectivity index (χ1v) is 4.94. The summed E-state index contributed by atoms with van der Waals surface area (Å²) < 4.78 is 0. The maximum absolute atomic E-state index is 11.5. The molecule has 3 unspecified atom stereocenters. The molecule has 0 aromatic heterocycles. The van der Waals surface area contributed by atoms with Crippen molar-refractivity contribution in [2.45, 2.75) is 38.2 Å². The van der Waals surface area contributed by atoms with Crippen molar-refractivity contribution in [3.05, 3.63) is 0 Å². The highest BCUT2D eigenvalue weighted by atomic mass is 16.3. The average Bonchev–Trinajstić information content (AvgIpc) is 2.15. The number of rotatable bonds is 0. The smallest absolute Gasteiger partial charge is 0.165 e. The number of carbonyl (C=O) groups excluding carboxylic acids is 2. The zero-order valence-electron chi connectivity index (χ0n) is 7.53. The Balaban J connectivity index is 2.19. The van der Waals surface area contributed by atoms with Crippen LogP contribution in [0.2, 0.25) is 0 Å². The van der Waals surface area contributed by atoms with Gasteiger partial charge >= 0.3 is 0 Å². The number of aliphatic hydroxyl groups is 1. The second-order valence-corrected chi connectivity index (χ2v) is 4.09. The molecule has 3 heteroatoms. The maximum Gasteiger partial charge on any atom is 0.165 e. The van der Waals surface area contributed by atoms with Crippen LogP contribution >= 0.6 is 0 Å². The molecule has 3 nitrogen and oxygen atoms in total. The highest BCUT2D eigenvalue weighted by Gasteiger charge is 2.43. The molecule has 2 fully saturated rings. The molecule has 72 valence electrons. The predicted molar refractivity (Wildman–Crippen MR) is 46.1 cm³/mol. The first kappa shape index (κ1) is 8.88. The third-order valence-corrected chi connectivity index (χ3v) is 3.27. The molecule has 1 N–H and O–H groups in total. The van der Waals surface area contributed by atoms with Crippen molar-refractivity contribution in [1.82, 2.24) is 0 Å². The van der Waals surface area contributed by atoms with Gasteiger partial charge in [-0.3, -0.25) is 9.59 Å². The zero-order chi connectivity index (χ0) is 9.42. The Bertz CT molecular complexity index is 247. The van der Waals surface area contributed by atoms with Crippen LogP contribution in [0.5, 0.6) is 0 Å². The van der Waals surface area contributed by atoms with Crippen LogP contribution in [0.15, 0.2) is 0 Å². The summed E-state index contributed by atoms with van der Waals surface area (Å²) in [5.41, 5.74) is 0. The van der Waals surface area contributed by atoms with Gasteiger partial charge in [0.2, 0.25) is 0 Å². The molecule has 0 saturated heterocycles. The van der Waals surface area contributed by atoms with Crippen molar-refractivity contribution < 1.29 is 14.7 Å². The summed E-state index contributed by atoms with van der Waals surface area (Å²) in [6.07, 6.45) is 2.77. The van der Waals surface area contributed by atoms with Crippen LogP contribution in [-0.2, 0) is 9.59 Å². The van der Waals surface area contributed by atoms with Crippen LogP contribution in [-0.4, -0.2) is 22.8 Å². The molecule has 2 saturated carbocycles. The number of aliphatic hydroxyl groups excluding tert-OH is 1. The monoisotopic (exact) mass is 182 g/mol. The summed E-state index contributed by atoms with van der Waals surface area (Å²) in [4.78, 5) is 23.0. The molecule has 0 aliphatic heterocycles. The van der Waals surface area contributed by atoms with E-state index in [0.29, 0.717) is 0 Å². The molecule has 2 aliphatic rings. The van der Waals surface area contributed by atoms with Gasteiger partial charge in [-0.1, -0.05) is 12.8 Å². The van der Waals surface area contributed by atoms with E-state index in [0.717, 1.165) is 25.7 Å². The number of carbonyl (C=O) groups is 2. The number of ketones is 2. The lowest BCUT2D eigenvalue weighted by atomic mass is 9.69. The topological polar surface area (TPSA) is 54.4 Å². The van der Waals surface area contributed by atoms with Gasteiger partial charge in [0.05, 0.1) is 0 Å². The van der Waals surface area contributed by atoms with Crippen molar-refractivity contribution in [2.75, 3.05) is 0 Å². The Labute approximate surface area is 77.1 Å². The summed E-state index contributed by atoms with van der Waals surface area (Å²) in [6.45, 7) is 0. The minimum absolute atomic E-state index is 0.0556. The van der Waals surface area contributed by atoms with Crippen molar-refractivity contribution in [1.29, 1.82) is 0 Å². The molecule has 2 aliphatic carbocycles. The van der Waals surface area contributed by atoms with Crippen molar-refractivity contribution in [2.24, 2.45) is 11.8 Å². The van der Waals surface area contributed by atoms with Crippen LogP contribution in [0, 0.1) is 11.8 Å². The van der Waals surface area contributed by atoms with Gasteiger partial charge in [0.15, 0.2) is 5.78 Å². The van der Waals surface area contributed by atoms with Crippen LogP contribution < -0.4 is 0 Å². The van der Waals surface area contributed by atoms with E-state index >= 15 is 0 Å². The standard InChI is InChI=1S/C10H14O3/c11-8-5-9(12)10(13)7-4-2-1-3-6(7)8/h6-7,9,12H,1-5H2. The van der Waals surface area contributed by atoms with E-state index in [9.17, 15) is 14.7 Å². The summed E-state index contributed by atoms with van der Waals surface area (Å²) in [5.74, 6) is -0.226. The first-order chi connectivity index (χ1) is 6.20. The summed E-state index contributed by atoms with van der Waals surface area (Å²) in [5, 5.41) is 9.32. The lowest BCUT2D eigenvalue weighted by Crippen LogP contribution is -2.45. The van der Waals surface area contributed by atoms with Crippen LogP contribution in [0.1, 0.15) is 32.1 Å². The highest BCUT2D eigenvalue weighted by molar-refractivity contribution is 5.99. The fraction of sp³-hybridized carbons (Fsp3) is 0.800. The minimum Gasteiger partial charge on any atom is -0.385 e. The summed E-state index contributed by atoms with van der Waals surface area (Å²) in [6, 6.07) is 0. The van der Waals surface area contributed by atoms with Crippen molar-refractivity contribution >= 4 is 11.6 Å². The highest BCUT2D eigenvalue weighted by Crippen LogP contribution is 2.36. The van der Waals surface area contributed by atoms with Crippen molar-refractivity contribution in [3.63, 3.8) is 0 Å².